The Balaban J connectivity index is 1.61. The molecule has 0 amide bonds. The van der Waals surface area contributed by atoms with E-state index >= 15 is 0 Å². The first kappa shape index (κ1) is 16.0. The molecule has 2 aromatic rings. The van der Waals surface area contributed by atoms with Crippen LogP contribution in [0.1, 0.15) is 18.4 Å². The molecule has 0 radical (unpaired) electrons. The van der Waals surface area contributed by atoms with Gasteiger partial charge in [-0.3, -0.25) is 4.90 Å². The number of aromatic nitrogens is 1. The van der Waals surface area contributed by atoms with E-state index in [1.165, 1.54) is 24.9 Å². The molecule has 0 saturated carbocycles. The Hall–Kier alpha value is -0.910. The zero-order valence-corrected chi connectivity index (χ0v) is 15.5. The van der Waals surface area contributed by atoms with Crippen LogP contribution in [0.2, 0.25) is 0 Å². The number of rotatable bonds is 4. The largest absolute Gasteiger partial charge is 0.365 e. The number of hydrogen-bond donors (Lipinski definition) is 1. The summed E-state index contributed by atoms with van der Waals surface area (Å²) in [5, 5.41) is 3.57. The molecule has 1 saturated heterocycles. The van der Waals surface area contributed by atoms with Crippen LogP contribution >= 0.6 is 31.9 Å². The van der Waals surface area contributed by atoms with E-state index in [0.29, 0.717) is 6.04 Å². The van der Waals surface area contributed by atoms with Crippen LogP contribution in [0.3, 0.4) is 0 Å². The summed E-state index contributed by atoms with van der Waals surface area (Å²) in [5.41, 5.74) is 1.38. The van der Waals surface area contributed by atoms with E-state index in [2.05, 4.69) is 77.4 Å². The summed E-state index contributed by atoms with van der Waals surface area (Å²) < 4.78 is 1.99. The minimum atomic E-state index is 0.447. The van der Waals surface area contributed by atoms with Crippen molar-refractivity contribution in [3.05, 3.63) is 57.1 Å². The van der Waals surface area contributed by atoms with Crippen molar-refractivity contribution >= 4 is 37.7 Å². The summed E-state index contributed by atoms with van der Waals surface area (Å²) in [5.74, 6) is 0.926. The van der Waals surface area contributed by atoms with E-state index in [1.54, 1.807) is 0 Å². The molecule has 2 heterocycles. The molecule has 0 spiro atoms. The highest BCUT2D eigenvalue weighted by molar-refractivity contribution is 9.11. The fraction of sp³-hybridized carbons (Fsp3) is 0.353. The lowest BCUT2D eigenvalue weighted by Crippen LogP contribution is -2.41. The average Bonchev–Trinajstić information content (AvgIpc) is 2.52. The number of hydrogen-bond acceptors (Lipinski definition) is 3. The van der Waals surface area contributed by atoms with Gasteiger partial charge >= 0.3 is 0 Å². The summed E-state index contributed by atoms with van der Waals surface area (Å²) in [6.45, 7) is 3.25. The maximum Gasteiger partial charge on any atom is 0.140 e. The van der Waals surface area contributed by atoms with E-state index in [9.17, 15) is 0 Å². The second kappa shape index (κ2) is 7.57. The molecule has 1 fully saturated rings. The summed E-state index contributed by atoms with van der Waals surface area (Å²) in [7, 11) is 0. The quantitative estimate of drug-likeness (QED) is 0.771. The lowest BCUT2D eigenvalue weighted by atomic mass is 10.0. The van der Waals surface area contributed by atoms with Crippen LogP contribution in [-0.4, -0.2) is 29.0 Å². The molecule has 1 atom stereocenters. The first-order valence-electron chi connectivity index (χ1n) is 7.54. The molecule has 1 N–H and O–H groups in total. The summed E-state index contributed by atoms with van der Waals surface area (Å²) in [6, 6.07) is 13.2. The predicted octanol–water partition coefficient (Wildman–Crippen LogP) is 4.68. The highest BCUT2D eigenvalue weighted by Crippen LogP contribution is 2.25. The second-order valence-electron chi connectivity index (χ2n) is 5.69. The van der Waals surface area contributed by atoms with E-state index in [-0.39, 0.29) is 0 Å². The van der Waals surface area contributed by atoms with Gasteiger partial charge < -0.3 is 5.32 Å². The van der Waals surface area contributed by atoms with Gasteiger partial charge in [0.05, 0.1) is 4.47 Å². The number of halogens is 2. The normalized spacial score (nSPS) is 19.1. The van der Waals surface area contributed by atoms with Crippen LogP contribution in [0.15, 0.2) is 51.5 Å². The Morgan fingerprint density at radius 2 is 2.05 bits per heavy atom. The minimum absolute atomic E-state index is 0.447. The van der Waals surface area contributed by atoms with Gasteiger partial charge in [0.25, 0.3) is 0 Å². The number of anilines is 1. The zero-order chi connectivity index (χ0) is 15.4. The van der Waals surface area contributed by atoms with Crippen molar-refractivity contribution < 1.29 is 0 Å². The third-order valence-electron chi connectivity index (χ3n) is 3.90. The topological polar surface area (TPSA) is 28.2 Å². The van der Waals surface area contributed by atoms with Gasteiger partial charge in [-0.2, -0.15) is 0 Å². The monoisotopic (exact) mass is 423 g/mol. The van der Waals surface area contributed by atoms with Gasteiger partial charge in [0.1, 0.15) is 5.82 Å². The highest BCUT2D eigenvalue weighted by Gasteiger charge is 2.20. The van der Waals surface area contributed by atoms with Crippen LogP contribution in [0.5, 0.6) is 0 Å². The first-order valence-corrected chi connectivity index (χ1v) is 9.13. The number of benzene rings is 1. The molecule has 22 heavy (non-hydrogen) atoms. The van der Waals surface area contributed by atoms with Gasteiger partial charge in [-0.05, 0) is 62.9 Å². The number of nitrogens with one attached hydrogen (secondary N) is 1. The van der Waals surface area contributed by atoms with Gasteiger partial charge in [-0.25, -0.2) is 4.98 Å². The van der Waals surface area contributed by atoms with Gasteiger partial charge in [0, 0.05) is 29.8 Å². The average molecular weight is 425 g/mol. The molecular formula is C17H19Br2N3. The smallest absolute Gasteiger partial charge is 0.140 e. The van der Waals surface area contributed by atoms with Gasteiger partial charge in [-0.1, -0.05) is 30.3 Å². The van der Waals surface area contributed by atoms with E-state index in [1.807, 2.05) is 12.3 Å². The Morgan fingerprint density at radius 1 is 1.23 bits per heavy atom. The number of piperidine rings is 1. The highest BCUT2D eigenvalue weighted by atomic mass is 79.9. The third-order valence-corrected chi connectivity index (χ3v) is 4.94. The molecule has 0 aliphatic carbocycles. The third kappa shape index (κ3) is 4.31. The molecule has 0 bridgehead atoms. The van der Waals surface area contributed by atoms with Crippen LogP contribution in [0.25, 0.3) is 0 Å². The standard InChI is InChI=1S/C17H19Br2N3/c18-14-9-16(19)17(20-10-14)21-15-7-4-8-22(12-15)11-13-5-2-1-3-6-13/h1-3,5-6,9-10,15H,4,7-8,11-12H2,(H,20,21). The lowest BCUT2D eigenvalue weighted by molar-refractivity contribution is 0.208. The Bertz CT molecular complexity index is 619. The van der Waals surface area contributed by atoms with E-state index in [0.717, 1.165) is 27.9 Å². The van der Waals surface area contributed by atoms with Crippen LogP contribution in [-0.2, 0) is 6.54 Å². The molecule has 116 valence electrons. The summed E-state index contributed by atoms with van der Waals surface area (Å²) >= 11 is 7.01. The van der Waals surface area contributed by atoms with Crippen molar-refractivity contribution in [2.24, 2.45) is 0 Å². The van der Waals surface area contributed by atoms with Crippen molar-refractivity contribution in [2.45, 2.75) is 25.4 Å². The Labute approximate surface area is 148 Å². The molecule has 3 nitrogen and oxygen atoms in total. The van der Waals surface area contributed by atoms with Crippen molar-refractivity contribution in [1.82, 2.24) is 9.88 Å². The number of nitrogens with zero attached hydrogens (tertiary/aromatic N) is 2. The fourth-order valence-corrected chi connectivity index (χ4v) is 3.97. The molecule has 3 rings (SSSR count). The molecule has 1 aliphatic heterocycles. The molecule has 1 aromatic carbocycles. The lowest BCUT2D eigenvalue weighted by Gasteiger charge is -2.33. The maximum atomic E-state index is 4.46. The predicted molar refractivity (Wildman–Crippen MR) is 98.0 cm³/mol. The Morgan fingerprint density at radius 3 is 2.82 bits per heavy atom. The molecule has 1 unspecified atom stereocenters. The van der Waals surface area contributed by atoms with Crippen LogP contribution in [0.4, 0.5) is 5.82 Å². The van der Waals surface area contributed by atoms with E-state index < -0.39 is 0 Å². The first-order chi connectivity index (χ1) is 10.7. The molecular weight excluding hydrogens is 406 g/mol. The second-order valence-corrected chi connectivity index (χ2v) is 7.46. The fourth-order valence-electron chi connectivity index (χ4n) is 2.87. The molecule has 1 aliphatic rings. The van der Waals surface area contributed by atoms with Crippen LogP contribution < -0.4 is 5.32 Å². The maximum absolute atomic E-state index is 4.46. The summed E-state index contributed by atoms with van der Waals surface area (Å²) in [4.78, 5) is 6.97. The number of likely N-dealkylation sites (tertiary alicyclic amines) is 1. The molecule has 5 heteroatoms. The number of pyridine rings is 1. The van der Waals surface area contributed by atoms with Gasteiger partial charge in [0.2, 0.25) is 0 Å². The van der Waals surface area contributed by atoms with Crippen molar-refractivity contribution in [1.29, 1.82) is 0 Å². The van der Waals surface area contributed by atoms with E-state index in [4.69, 9.17) is 0 Å². The zero-order valence-electron chi connectivity index (χ0n) is 12.3. The SMILES string of the molecule is Brc1cnc(NC2CCCN(Cc3ccccc3)C2)c(Br)c1. The molecule has 1 aromatic heterocycles. The van der Waals surface area contributed by atoms with Gasteiger partial charge in [0.15, 0.2) is 0 Å². The minimum Gasteiger partial charge on any atom is -0.365 e. The summed E-state index contributed by atoms with van der Waals surface area (Å²) in [6.07, 6.45) is 4.24. The van der Waals surface area contributed by atoms with Gasteiger partial charge in [-0.15, -0.1) is 0 Å². The van der Waals surface area contributed by atoms with Crippen LogP contribution in [0, 0.1) is 0 Å². The van der Waals surface area contributed by atoms with Crippen molar-refractivity contribution in [3.63, 3.8) is 0 Å². The van der Waals surface area contributed by atoms with Crippen molar-refractivity contribution in [2.75, 3.05) is 18.4 Å². The Kier molecular flexibility index (Phi) is 5.50. The van der Waals surface area contributed by atoms with Crippen molar-refractivity contribution in [3.8, 4) is 0 Å².